The minimum Gasteiger partial charge on any atom is -0.493 e. The summed E-state index contributed by atoms with van der Waals surface area (Å²) in [5.41, 5.74) is 4.50. The summed E-state index contributed by atoms with van der Waals surface area (Å²) in [6.45, 7) is 7.54. The number of methoxy groups -OCH3 is 5. The molecule has 3 aliphatic heterocycles. The molecule has 3 aromatic carbocycles. The van der Waals surface area contributed by atoms with E-state index in [4.69, 9.17) is 59.0 Å². The highest BCUT2D eigenvalue weighted by atomic mass is 35.5. The molecule has 0 saturated carbocycles. The quantitative estimate of drug-likeness (QED) is 0.0624. The van der Waals surface area contributed by atoms with Crippen LogP contribution in [0.2, 0.25) is 0 Å². The van der Waals surface area contributed by atoms with E-state index in [2.05, 4.69) is 31.3 Å². The van der Waals surface area contributed by atoms with Crippen LogP contribution >= 0.6 is 11.6 Å². The van der Waals surface area contributed by atoms with Crippen molar-refractivity contribution in [3.05, 3.63) is 75.8 Å². The maximum absolute atomic E-state index is 12.9. The highest BCUT2D eigenvalue weighted by molar-refractivity contribution is 6.42. The summed E-state index contributed by atoms with van der Waals surface area (Å²) in [5.74, 6) is 3.10. The van der Waals surface area contributed by atoms with E-state index in [1.807, 2.05) is 18.2 Å². The second kappa shape index (κ2) is 20.6. The molecule has 0 aromatic heterocycles. The van der Waals surface area contributed by atoms with Crippen LogP contribution in [0.1, 0.15) is 41.1 Å². The van der Waals surface area contributed by atoms with Crippen LogP contribution in [-0.2, 0) is 43.2 Å². The van der Waals surface area contributed by atoms with E-state index in [0.717, 1.165) is 77.9 Å². The molecule has 14 nitrogen and oxygen atoms in total. The van der Waals surface area contributed by atoms with E-state index in [1.165, 1.54) is 5.56 Å². The molecule has 326 valence electrons. The third-order valence-electron chi connectivity index (χ3n) is 11.9. The van der Waals surface area contributed by atoms with E-state index in [-0.39, 0.29) is 24.3 Å². The number of carbonyl (C=O) groups excluding carboxylic acids is 2. The Hall–Kier alpha value is -4.89. The fourth-order valence-corrected chi connectivity index (χ4v) is 8.75. The maximum atomic E-state index is 12.9. The van der Waals surface area contributed by atoms with Crippen LogP contribution in [0.15, 0.2) is 53.6 Å². The van der Waals surface area contributed by atoms with Crippen molar-refractivity contribution in [1.82, 2.24) is 0 Å². The highest BCUT2D eigenvalue weighted by Crippen LogP contribution is 2.45. The lowest BCUT2D eigenvalue weighted by Crippen LogP contribution is -2.55. The zero-order valence-corrected chi connectivity index (χ0v) is 36.4. The van der Waals surface area contributed by atoms with E-state index >= 15 is 0 Å². The number of likely N-dealkylation sites (N-methyl/N-ethyl adjacent to an activating group) is 1. The minimum absolute atomic E-state index is 0.00116. The topological polar surface area (TPSA) is 126 Å². The molecule has 15 heteroatoms. The summed E-state index contributed by atoms with van der Waals surface area (Å²) in [6.07, 6.45) is 3.66. The molecule has 2 unspecified atom stereocenters. The first-order valence-corrected chi connectivity index (χ1v) is 20.8. The van der Waals surface area contributed by atoms with Crippen molar-refractivity contribution in [2.45, 2.75) is 38.3 Å². The van der Waals surface area contributed by atoms with Gasteiger partial charge in [0.2, 0.25) is 5.75 Å². The number of morpholine rings is 1. The molecule has 1 fully saturated rings. The number of carbonyl (C=O) groups is 2. The van der Waals surface area contributed by atoms with Gasteiger partial charge in [0.15, 0.2) is 34.5 Å². The molecule has 0 spiro atoms. The molecule has 0 bridgehead atoms. The van der Waals surface area contributed by atoms with Crippen LogP contribution in [0.4, 0.5) is 0 Å². The lowest BCUT2D eigenvalue weighted by Gasteiger charge is -2.46. The summed E-state index contributed by atoms with van der Waals surface area (Å²) in [5, 5.41) is -0.330. The van der Waals surface area contributed by atoms with Crippen molar-refractivity contribution in [2.75, 3.05) is 115 Å². The Balaban J connectivity index is 1.03. The summed E-state index contributed by atoms with van der Waals surface area (Å²) in [4.78, 5) is 25.6. The second-order valence-electron chi connectivity index (χ2n) is 15.6. The zero-order chi connectivity index (χ0) is 42.7. The minimum atomic E-state index is -0.775. The molecule has 2 atom stereocenters. The lowest BCUT2D eigenvalue weighted by atomic mass is 9.86. The summed E-state index contributed by atoms with van der Waals surface area (Å²) >= 11 is 6.27. The van der Waals surface area contributed by atoms with E-state index in [0.29, 0.717) is 85.5 Å². The van der Waals surface area contributed by atoms with Crippen LogP contribution in [0.5, 0.6) is 40.2 Å². The number of benzene rings is 3. The monoisotopic (exact) mass is 854 g/mol. The fraction of sp³-hybridized carbons (Fsp3) is 0.511. The lowest BCUT2D eigenvalue weighted by molar-refractivity contribution is -0.947. The molecule has 3 aromatic rings. The van der Waals surface area contributed by atoms with Gasteiger partial charge in [-0.05, 0) is 53.6 Å². The molecule has 3 heterocycles. The van der Waals surface area contributed by atoms with Gasteiger partial charge in [0, 0.05) is 42.9 Å². The fourth-order valence-electron chi connectivity index (χ4n) is 8.61. The van der Waals surface area contributed by atoms with E-state index < -0.39 is 11.9 Å². The van der Waals surface area contributed by atoms with Gasteiger partial charge < -0.3 is 56.3 Å². The van der Waals surface area contributed by atoms with Gasteiger partial charge >= 0.3 is 11.9 Å². The number of esters is 2. The van der Waals surface area contributed by atoms with Gasteiger partial charge in [-0.25, -0.2) is 9.59 Å². The predicted octanol–water partition coefficient (Wildman–Crippen LogP) is 5.82. The molecule has 0 amide bonds. The van der Waals surface area contributed by atoms with Gasteiger partial charge in [-0.2, -0.15) is 0 Å². The number of hydrogen-bond acceptors (Lipinski definition) is 12. The molecule has 0 radical (unpaired) electrons. The van der Waals surface area contributed by atoms with Gasteiger partial charge in [-0.1, -0.05) is 11.6 Å². The SMILES string of the molecule is COc1cc2c(cc1OC)C(Cc1cc(OC)c(OC)c(OC)c1)[N+](C)(CCCOC(=O)C(Cl)=CC(=O)OCCC[N+]1(Cc3ccc4c(c3)OCCO4)CCOCC1)CC2. The maximum Gasteiger partial charge on any atom is 0.350 e. The van der Waals surface area contributed by atoms with Crippen LogP contribution in [0.25, 0.3) is 0 Å². The van der Waals surface area contributed by atoms with Gasteiger partial charge in [0.05, 0.1) is 88.7 Å². The highest BCUT2D eigenvalue weighted by Gasteiger charge is 2.40. The molecule has 60 heavy (non-hydrogen) atoms. The molecular weight excluding hydrogens is 796 g/mol. The molecule has 1 saturated heterocycles. The first kappa shape index (κ1) is 44.7. The summed E-state index contributed by atoms with van der Waals surface area (Å²) in [7, 11) is 10.3. The van der Waals surface area contributed by atoms with Gasteiger partial charge in [-0.15, -0.1) is 0 Å². The number of rotatable bonds is 19. The van der Waals surface area contributed by atoms with Crippen molar-refractivity contribution >= 4 is 23.5 Å². The van der Waals surface area contributed by atoms with Gasteiger partial charge in [0.25, 0.3) is 0 Å². The predicted molar refractivity (Wildman–Crippen MR) is 224 cm³/mol. The van der Waals surface area contributed by atoms with Crippen LogP contribution in [0.3, 0.4) is 0 Å². The zero-order valence-electron chi connectivity index (χ0n) is 35.7. The number of quaternary nitrogens is 2. The average Bonchev–Trinajstić information content (AvgIpc) is 3.27. The first-order chi connectivity index (χ1) is 29.0. The average molecular weight is 855 g/mol. The smallest absolute Gasteiger partial charge is 0.350 e. The van der Waals surface area contributed by atoms with Crippen LogP contribution in [-0.4, -0.2) is 136 Å². The summed E-state index contributed by atoms with van der Waals surface area (Å²) < 4.78 is 58.0. The van der Waals surface area contributed by atoms with Crippen molar-refractivity contribution in [3.63, 3.8) is 0 Å². The van der Waals surface area contributed by atoms with Crippen molar-refractivity contribution < 1.29 is 65.9 Å². The van der Waals surface area contributed by atoms with Crippen molar-refractivity contribution in [1.29, 1.82) is 0 Å². The van der Waals surface area contributed by atoms with Crippen LogP contribution < -0.4 is 33.2 Å². The van der Waals surface area contributed by atoms with Crippen molar-refractivity contribution in [3.8, 4) is 40.2 Å². The standard InChI is InChI=1S/C45H59ClN2O12/c1-47(14-11-33-27-38(51-2)39(52-3)28-34(33)36(47)23-32-25-41(53-4)44(55-6)42(26-32)54-5)12-7-18-60-45(50)35(46)29-43(49)59-17-8-13-48(15-19-56-20-16-48)30-31-9-10-37-40(24-31)58-22-21-57-37/h9-10,24-29,36H,7-8,11-23,30H2,1-6H3/q+2. The number of nitrogens with zero attached hydrogens (tertiary/aromatic N) is 2. The van der Waals surface area contributed by atoms with Crippen LogP contribution in [0, 0.1) is 0 Å². The Labute approximate surface area is 357 Å². The third-order valence-corrected chi connectivity index (χ3v) is 12.1. The number of hydrogen-bond donors (Lipinski definition) is 0. The number of fused-ring (bicyclic) bond motifs is 2. The second-order valence-corrected chi connectivity index (χ2v) is 16.0. The third kappa shape index (κ3) is 10.7. The van der Waals surface area contributed by atoms with Crippen molar-refractivity contribution in [2.24, 2.45) is 0 Å². The van der Waals surface area contributed by atoms with Gasteiger partial charge in [-0.3, -0.25) is 0 Å². The Kier molecular flexibility index (Phi) is 15.3. The largest absolute Gasteiger partial charge is 0.493 e. The van der Waals surface area contributed by atoms with E-state index in [9.17, 15) is 9.59 Å². The molecule has 3 aliphatic rings. The Morgan fingerprint density at radius 3 is 2.07 bits per heavy atom. The Morgan fingerprint density at radius 2 is 1.38 bits per heavy atom. The summed E-state index contributed by atoms with van der Waals surface area (Å²) in [6, 6.07) is 14.2. The molecule has 0 N–H and O–H groups in total. The molecule has 6 rings (SSSR count). The molecular formula is C45H59ClN2O12+2. The van der Waals surface area contributed by atoms with Gasteiger partial charge in [0.1, 0.15) is 43.9 Å². The Morgan fingerprint density at radius 1 is 0.733 bits per heavy atom. The number of ether oxygens (including phenoxy) is 10. The first-order valence-electron chi connectivity index (χ1n) is 20.4. The van der Waals surface area contributed by atoms with E-state index in [1.54, 1.807) is 35.5 Å². The number of halogens is 1. The molecule has 0 aliphatic carbocycles. The Bertz CT molecular complexity index is 1980. The normalized spacial score (nSPS) is 19.4.